The van der Waals surface area contributed by atoms with Gasteiger partial charge in [0.25, 0.3) is 0 Å². The molecule has 3 rings (SSSR count). The summed E-state index contributed by atoms with van der Waals surface area (Å²) in [5.41, 5.74) is 2.60. The van der Waals surface area contributed by atoms with Crippen LogP contribution in [0.15, 0.2) is 35.5 Å². The Balaban J connectivity index is 1.50. The molecule has 0 bridgehead atoms. The fourth-order valence-corrected chi connectivity index (χ4v) is 3.90. The number of hydrogen-bond acceptors (Lipinski definition) is 5. The first kappa shape index (κ1) is 20.8. The van der Waals surface area contributed by atoms with Crippen molar-refractivity contribution in [3.05, 3.63) is 51.5 Å². The second-order valence-corrected chi connectivity index (χ2v) is 8.63. The molecule has 1 aliphatic rings. The average molecular weight is 401 g/mol. The molecule has 0 amide bonds. The van der Waals surface area contributed by atoms with Gasteiger partial charge in [-0.25, -0.2) is 9.98 Å². The van der Waals surface area contributed by atoms with Crippen molar-refractivity contribution >= 4 is 17.3 Å². The van der Waals surface area contributed by atoms with Crippen molar-refractivity contribution in [2.24, 2.45) is 4.99 Å². The summed E-state index contributed by atoms with van der Waals surface area (Å²) in [4.78, 5) is 15.3. The molecule has 0 aliphatic carbocycles. The Morgan fingerprint density at radius 1 is 1.11 bits per heavy atom. The quantitative estimate of drug-likeness (QED) is 0.552. The number of aliphatic imine (C=N–C) groups is 1. The Hall–Kier alpha value is -1.96. The second kappa shape index (κ2) is 10.5. The lowest BCUT2D eigenvalue weighted by Gasteiger charge is -2.32. The lowest BCUT2D eigenvalue weighted by atomic mass is 10.1. The number of nitrogens with one attached hydrogen (secondary N) is 2. The van der Waals surface area contributed by atoms with E-state index in [1.165, 1.54) is 16.0 Å². The number of rotatable bonds is 7. The molecule has 1 aromatic heterocycles. The van der Waals surface area contributed by atoms with Crippen molar-refractivity contribution in [2.75, 3.05) is 39.8 Å². The summed E-state index contributed by atoms with van der Waals surface area (Å²) >= 11 is 1.72. The number of piperazine rings is 1. The van der Waals surface area contributed by atoms with Crippen molar-refractivity contribution in [2.45, 2.75) is 33.5 Å². The third-order valence-corrected chi connectivity index (χ3v) is 5.78. The van der Waals surface area contributed by atoms with Crippen molar-refractivity contribution in [1.29, 1.82) is 0 Å². The van der Waals surface area contributed by atoms with Gasteiger partial charge in [0.2, 0.25) is 0 Å². The molecule has 0 unspecified atom stereocenters. The Bertz CT molecular complexity index is 747. The highest BCUT2D eigenvalue weighted by molar-refractivity contribution is 7.11. The van der Waals surface area contributed by atoms with E-state index in [1.54, 1.807) is 11.3 Å². The molecule has 1 aliphatic heterocycles. The van der Waals surface area contributed by atoms with Gasteiger partial charge in [0.1, 0.15) is 5.01 Å². The fourth-order valence-electron chi connectivity index (χ4n) is 3.17. The van der Waals surface area contributed by atoms with E-state index in [0.29, 0.717) is 13.1 Å². The molecule has 2 heterocycles. The van der Waals surface area contributed by atoms with Gasteiger partial charge in [-0.3, -0.25) is 4.90 Å². The van der Waals surface area contributed by atoms with Gasteiger partial charge in [-0.15, -0.1) is 11.3 Å². The number of hydrogen-bond donors (Lipinski definition) is 2. The normalized spacial score (nSPS) is 16.3. The maximum atomic E-state index is 4.71. The van der Waals surface area contributed by atoms with E-state index in [9.17, 15) is 0 Å². The van der Waals surface area contributed by atoms with Crippen LogP contribution in [0.5, 0.6) is 0 Å². The highest BCUT2D eigenvalue weighted by atomic mass is 32.1. The molecule has 1 saturated heterocycles. The minimum Gasteiger partial charge on any atom is -0.357 e. The molecule has 0 saturated carbocycles. The molecule has 152 valence electrons. The molecule has 0 spiro atoms. The highest BCUT2D eigenvalue weighted by Crippen LogP contribution is 2.11. The third-order valence-electron chi connectivity index (χ3n) is 4.87. The lowest BCUT2D eigenvalue weighted by Crippen LogP contribution is -2.43. The van der Waals surface area contributed by atoms with Gasteiger partial charge >= 0.3 is 0 Å². The predicted molar refractivity (Wildman–Crippen MR) is 118 cm³/mol. The number of aryl methyl sites for hydroxylation is 1. The van der Waals surface area contributed by atoms with E-state index in [-0.39, 0.29) is 0 Å². The summed E-state index contributed by atoms with van der Waals surface area (Å²) in [6, 6.07) is 8.87. The first-order valence-electron chi connectivity index (χ1n) is 10.0. The van der Waals surface area contributed by atoms with Gasteiger partial charge < -0.3 is 15.5 Å². The largest absolute Gasteiger partial charge is 0.357 e. The van der Waals surface area contributed by atoms with Crippen LogP contribution in [0.25, 0.3) is 0 Å². The van der Waals surface area contributed by atoms with Crippen molar-refractivity contribution in [1.82, 2.24) is 25.4 Å². The van der Waals surface area contributed by atoms with Crippen LogP contribution >= 0.6 is 11.3 Å². The summed E-state index contributed by atoms with van der Waals surface area (Å²) in [6.45, 7) is 12.0. The minimum atomic E-state index is 0.668. The van der Waals surface area contributed by atoms with Gasteiger partial charge in [0, 0.05) is 50.3 Å². The monoisotopic (exact) mass is 400 g/mol. The SMILES string of the molecule is CCNC(=NCc1ccc(CN2CCN(C)CC2)cc1)NCc1ncc(C)s1. The van der Waals surface area contributed by atoms with Gasteiger partial charge in [-0.1, -0.05) is 24.3 Å². The van der Waals surface area contributed by atoms with Crippen molar-refractivity contribution < 1.29 is 0 Å². The van der Waals surface area contributed by atoms with E-state index < -0.39 is 0 Å². The Morgan fingerprint density at radius 2 is 1.82 bits per heavy atom. The molecule has 6 nitrogen and oxygen atoms in total. The molecule has 2 aromatic rings. The number of likely N-dealkylation sites (N-methyl/N-ethyl adjacent to an activating group) is 1. The van der Waals surface area contributed by atoms with Crippen molar-refractivity contribution in [3.8, 4) is 0 Å². The number of thiazole rings is 1. The molecule has 0 atom stereocenters. The van der Waals surface area contributed by atoms with Crippen LogP contribution in [0.1, 0.15) is 27.9 Å². The van der Waals surface area contributed by atoms with Crippen molar-refractivity contribution in [3.63, 3.8) is 0 Å². The summed E-state index contributed by atoms with van der Waals surface area (Å²) in [5, 5.41) is 7.75. The fraction of sp³-hybridized carbons (Fsp3) is 0.524. The molecule has 1 aromatic carbocycles. The molecule has 0 radical (unpaired) electrons. The van der Waals surface area contributed by atoms with Gasteiger partial charge in [-0.05, 0) is 32.0 Å². The minimum absolute atomic E-state index is 0.668. The summed E-state index contributed by atoms with van der Waals surface area (Å²) in [5.74, 6) is 0.830. The number of aromatic nitrogens is 1. The van der Waals surface area contributed by atoms with Crippen LogP contribution < -0.4 is 10.6 Å². The predicted octanol–water partition coefficient (Wildman–Crippen LogP) is 2.45. The smallest absolute Gasteiger partial charge is 0.191 e. The second-order valence-electron chi connectivity index (χ2n) is 7.31. The summed E-state index contributed by atoms with van der Waals surface area (Å²) < 4.78 is 0. The first-order chi connectivity index (χ1) is 13.6. The molecular formula is C21H32N6S. The Morgan fingerprint density at radius 3 is 2.46 bits per heavy atom. The number of guanidine groups is 1. The van der Waals surface area contributed by atoms with E-state index in [0.717, 1.165) is 50.2 Å². The third kappa shape index (κ3) is 6.58. The zero-order chi connectivity index (χ0) is 19.8. The molecular weight excluding hydrogens is 368 g/mol. The first-order valence-corrected chi connectivity index (χ1v) is 10.9. The summed E-state index contributed by atoms with van der Waals surface area (Å²) in [6.07, 6.45) is 1.91. The van der Waals surface area contributed by atoms with Gasteiger partial charge in [-0.2, -0.15) is 0 Å². The maximum Gasteiger partial charge on any atom is 0.191 e. The molecule has 2 N–H and O–H groups in total. The van der Waals surface area contributed by atoms with Gasteiger partial charge in [0.05, 0.1) is 13.1 Å². The zero-order valence-electron chi connectivity index (χ0n) is 17.2. The topological polar surface area (TPSA) is 55.8 Å². The van der Waals surface area contributed by atoms with Crippen LogP contribution in [-0.4, -0.2) is 60.5 Å². The van der Waals surface area contributed by atoms with E-state index >= 15 is 0 Å². The van der Waals surface area contributed by atoms with E-state index in [1.807, 2.05) is 6.20 Å². The number of nitrogens with zero attached hydrogens (tertiary/aromatic N) is 4. The molecule has 28 heavy (non-hydrogen) atoms. The molecule has 7 heteroatoms. The zero-order valence-corrected chi connectivity index (χ0v) is 18.1. The van der Waals surface area contributed by atoms with Gasteiger partial charge in [0.15, 0.2) is 5.96 Å². The Kier molecular flexibility index (Phi) is 7.82. The standard InChI is InChI=1S/C21H32N6S/c1-4-22-21(25-15-20-23-13-17(2)28-20)24-14-18-5-7-19(8-6-18)16-27-11-9-26(3)10-12-27/h5-8,13H,4,9-12,14-16H2,1-3H3,(H2,22,24,25). The Labute approximate surface area is 172 Å². The van der Waals surface area contributed by atoms with Crippen LogP contribution in [0.3, 0.4) is 0 Å². The van der Waals surface area contributed by atoms with E-state index in [4.69, 9.17) is 4.99 Å². The van der Waals surface area contributed by atoms with Crippen LogP contribution in [0, 0.1) is 6.92 Å². The van der Waals surface area contributed by atoms with Crippen LogP contribution in [0.2, 0.25) is 0 Å². The average Bonchev–Trinajstić information content (AvgIpc) is 3.12. The summed E-state index contributed by atoms with van der Waals surface area (Å²) in [7, 11) is 2.20. The molecule has 1 fully saturated rings. The highest BCUT2D eigenvalue weighted by Gasteiger charge is 2.13. The maximum absolute atomic E-state index is 4.71. The van der Waals surface area contributed by atoms with Crippen LogP contribution in [-0.2, 0) is 19.6 Å². The lowest BCUT2D eigenvalue weighted by molar-refractivity contribution is 0.148. The van der Waals surface area contributed by atoms with Crippen LogP contribution in [0.4, 0.5) is 0 Å². The number of benzene rings is 1. The van der Waals surface area contributed by atoms with E-state index in [2.05, 4.69) is 70.6 Å².